The van der Waals surface area contributed by atoms with Gasteiger partial charge in [-0.2, -0.15) is 0 Å². The Bertz CT molecular complexity index is 497. The van der Waals surface area contributed by atoms with Gasteiger partial charge in [0.1, 0.15) is 6.10 Å². The molecule has 2 fully saturated rings. The van der Waals surface area contributed by atoms with Crippen molar-refractivity contribution in [3.8, 4) is 5.88 Å². The minimum atomic E-state index is -0.956. The normalized spacial score (nSPS) is 26.5. The van der Waals surface area contributed by atoms with Crippen molar-refractivity contribution >= 4 is 5.97 Å². The first-order valence-corrected chi connectivity index (χ1v) is 8.34. The van der Waals surface area contributed by atoms with Crippen LogP contribution in [0.5, 0.6) is 5.88 Å². The number of nitrogens with zero attached hydrogens (tertiary/aromatic N) is 2. The van der Waals surface area contributed by atoms with Crippen molar-refractivity contribution < 1.29 is 14.6 Å². The highest BCUT2D eigenvalue weighted by atomic mass is 16.5. The zero-order valence-corrected chi connectivity index (χ0v) is 12.9. The number of carboxylic acids is 1. The lowest BCUT2D eigenvalue weighted by molar-refractivity contribution is 0.0237. The number of aromatic nitrogens is 1. The summed E-state index contributed by atoms with van der Waals surface area (Å²) >= 11 is 0. The number of hydrogen-bond donors (Lipinski definition) is 1. The number of rotatable bonds is 4. The van der Waals surface area contributed by atoms with Crippen molar-refractivity contribution in [2.45, 2.75) is 57.1 Å². The average Bonchev–Trinajstić information content (AvgIpc) is 2.57. The molecule has 2 heterocycles. The van der Waals surface area contributed by atoms with Crippen LogP contribution in [-0.4, -0.2) is 46.2 Å². The summed E-state index contributed by atoms with van der Waals surface area (Å²) in [6.45, 7) is 2.35. The van der Waals surface area contributed by atoms with E-state index >= 15 is 0 Å². The molecule has 1 aromatic rings. The number of aromatic carboxylic acids is 1. The van der Waals surface area contributed by atoms with Crippen molar-refractivity contribution in [3.63, 3.8) is 0 Å². The standard InChI is InChI=1S/C17H24N2O3/c20-17(21)13-8-9-16(18-12-13)22-15-7-3-2-6-14(15)19-10-4-1-5-11-19/h8-9,12,14-15H,1-7,10-11H2,(H,20,21)/t14-,15-/m1/s1. The molecule has 1 aliphatic heterocycles. The molecule has 5 heteroatoms. The molecule has 1 N–H and O–H groups in total. The van der Waals surface area contributed by atoms with E-state index < -0.39 is 5.97 Å². The molecule has 1 saturated heterocycles. The Balaban J connectivity index is 1.66. The van der Waals surface area contributed by atoms with Gasteiger partial charge in [0, 0.05) is 18.3 Å². The van der Waals surface area contributed by atoms with E-state index in [1.807, 2.05) is 0 Å². The molecule has 1 aromatic heterocycles. The largest absolute Gasteiger partial charge is 0.478 e. The van der Waals surface area contributed by atoms with Crippen molar-refractivity contribution in [2.24, 2.45) is 0 Å². The molecule has 1 aliphatic carbocycles. The quantitative estimate of drug-likeness (QED) is 0.926. The maximum Gasteiger partial charge on any atom is 0.337 e. The molecule has 0 unspecified atom stereocenters. The van der Waals surface area contributed by atoms with Gasteiger partial charge in [-0.05, 0) is 51.3 Å². The number of pyridine rings is 1. The van der Waals surface area contributed by atoms with Gasteiger partial charge in [-0.15, -0.1) is 0 Å². The number of carbonyl (C=O) groups is 1. The van der Waals surface area contributed by atoms with Gasteiger partial charge in [-0.1, -0.05) is 12.8 Å². The smallest absolute Gasteiger partial charge is 0.337 e. The summed E-state index contributed by atoms with van der Waals surface area (Å²) < 4.78 is 6.11. The second-order valence-electron chi connectivity index (χ2n) is 6.30. The van der Waals surface area contributed by atoms with E-state index in [-0.39, 0.29) is 11.7 Å². The molecule has 0 spiro atoms. The summed E-state index contributed by atoms with van der Waals surface area (Å²) in [4.78, 5) is 17.6. The topological polar surface area (TPSA) is 62.7 Å². The van der Waals surface area contributed by atoms with Crippen LogP contribution in [0, 0.1) is 0 Å². The summed E-state index contributed by atoms with van der Waals surface area (Å²) in [5.74, 6) is -0.415. The zero-order chi connectivity index (χ0) is 15.4. The van der Waals surface area contributed by atoms with Gasteiger partial charge < -0.3 is 9.84 Å². The second-order valence-corrected chi connectivity index (χ2v) is 6.30. The maximum atomic E-state index is 10.9. The van der Waals surface area contributed by atoms with Crippen LogP contribution in [-0.2, 0) is 0 Å². The van der Waals surface area contributed by atoms with Crippen molar-refractivity contribution in [1.29, 1.82) is 0 Å². The minimum Gasteiger partial charge on any atom is -0.478 e. The van der Waals surface area contributed by atoms with E-state index in [0.717, 1.165) is 6.42 Å². The molecule has 1 saturated carbocycles. The Labute approximate surface area is 131 Å². The zero-order valence-electron chi connectivity index (χ0n) is 12.9. The van der Waals surface area contributed by atoms with Gasteiger partial charge in [0.2, 0.25) is 5.88 Å². The van der Waals surface area contributed by atoms with Crippen molar-refractivity contribution in [1.82, 2.24) is 9.88 Å². The number of ether oxygens (including phenoxy) is 1. The van der Waals surface area contributed by atoms with E-state index in [1.54, 1.807) is 12.1 Å². The van der Waals surface area contributed by atoms with E-state index in [4.69, 9.17) is 9.84 Å². The van der Waals surface area contributed by atoms with Crippen LogP contribution in [0.3, 0.4) is 0 Å². The Morgan fingerprint density at radius 1 is 1.14 bits per heavy atom. The second kappa shape index (κ2) is 7.09. The lowest BCUT2D eigenvalue weighted by Crippen LogP contribution is -2.49. The molecule has 2 atom stereocenters. The summed E-state index contributed by atoms with van der Waals surface area (Å²) in [6, 6.07) is 3.71. The lowest BCUT2D eigenvalue weighted by atomic mass is 9.90. The summed E-state index contributed by atoms with van der Waals surface area (Å²) in [7, 11) is 0. The third-order valence-corrected chi connectivity index (χ3v) is 4.78. The molecule has 0 amide bonds. The van der Waals surface area contributed by atoms with E-state index in [2.05, 4.69) is 9.88 Å². The minimum absolute atomic E-state index is 0.176. The van der Waals surface area contributed by atoms with Crippen molar-refractivity contribution in [2.75, 3.05) is 13.1 Å². The fourth-order valence-electron chi connectivity index (χ4n) is 3.61. The molecule has 0 radical (unpaired) electrons. The third-order valence-electron chi connectivity index (χ3n) is 4.78. The van der Waals surface area contributed by atoms with Gasteiger partial charge in [-0.25, -0.2) is 9.78 Å². The highest BCUT2D eigenvalue weighted by Gasteiger charge is 2.32. The Kier molecular flexibility index (Phi) is 4.93. The van der Waals surface area contributed by atoms with Crippen molar-refractivity contribution in [3.05, 3.63) is 23.9 Å². The molecule has 5 nitrogen and oxygen atoms in total. The molecular formula is C17H24N2O3. The van der Waals surface area contributed by atoms with Gasteiger partial charge in [0.25, 0.3) is 0 Å². The van der Waals surface area contributed by atoms with Crippen LogP contribution >= 0.6 is 0 Å². The van der Waals surface area contributed by atoms with Crippen LogP contribution in [0.2, 0.25) is 0 Å². The Morgan fingerprint density at radius 2 is 1.91 bits per heavy atom. The Hall–Kier alpha value is -1.62. The van der Waals surface area contributed by atoms with Crippen LogP contribution in [0.1, 0.15) is 55.3 Å². The fraction of sp³-hybridized carbons (Fsp3) is 0.647. The van der Waals surface area contributed by atoms with Crippen LogP contribution in [0.25, 0.3) is 0 Å². The van der Waals surface area contributed by atoms with Gasteiger partial charge in [0.15, 0.2) is 0 Å². The lowest BCUT2D eigenvalue weighted by Gasteiger charge is -2.41. The van der Waals surface area contributed by atoms with Gasteiger partial charge >= 0.3 is 5.97 Å². The van der Waals surface area contributed by atoms with E-state index in [9.17, 15) is 4.79 Å². The summed E-state index contributed by atoms with van der Waals surface area (Å²) in [6.07, 6.45) is 10.2. The molecular weight excluding hydrogens is 280 g/mol. The molecule has 22 heavy (non-hydrogen) atoms. The highest BCUT2D eigenvalue weighted by Crippen LogP contribution is 2.28. The molecule has 3 rings (SSSR count). The van der Waals surface area contributed by atoms with Gasteiger partial charge in [-0.3, -0.25) is 4.90 Å². The molecule has 0 aromatic carbocycles. The first-order valence-electron chi connectivity index (χ1n) is 8.34. The SMILES string of the molecule is O=C(O)c1ccc(O[C@@H]2CCCC[C@H]2N2CCCCC2)nc1. The third kappa shape index (κ3) is 3.58. The highest BCUT2D eigenvalue weighted by molar-refractivity contribution is 5.87. The number of likely N-dealkylation sites (tertiary alicyclic amines) is 1. The predicted octanol–water partition coefficient (Wildman–Crippen LogP) is 2.96. The fourth-order valence-corrected chi connectivity index (χ4v) is 3.61. The number of hydrogen-bond acceptors (Lipinski definition) is 4. The molecule has 120 valence electrons. The Morgan fingerprint density at radius 3 is 2.59 bits per heavy atom. The predicted molar refractivity (Wildman–Crippen MR) is 83.3 cm³/mol. The first kappa shape index (κ1) is 15.3. The maximum absolute atomic E-state index is 10.9. The molecule has 2 aliphatic rings. The first-order chi connectivity index (χ1) is 10.7. The summed E-state index contributed by atoms with van der Waals surface area (Å²) in [5.41, 5.74) is 0.198. The monoisotopic (exact) mass is 304 g/mol. The van der Waals surface area contributed by atoms with E-state index in [0.29, 0.717) is 11.9 Å². The van der Waals surface area contributed by atoms with Gasteiger partial charge in [0.05, 0.1) is 5.56 Å². The van der Waals surface area contributed by atoms with E-state index in [1.165, 1.54) is 57.8 Å². The average molecular weight is 304 g/mol. The number of piperidine rings is 1. The molecule has 0 bridgehead atoms. The van der Waals surface area contributed by atoms with Crippen LogP contribution in [0.4, 0.5) is 0 Å². The number of carboxylic acid groups (broad SMARTS) is 1. The van der Waals surface area contributed by atoms with Crippen LogP contribution in [0.15, 0.2) is 18.3 Å². The summed E-state index contributed by atoms with van der Waals surface area (Å²) in [5, 5.41) is 8.92. The van der Waals surface area contributed by atoms with Crippen LogP contribution < -0.4 is 4.74 Å².